The van der Waals surface area contributed by atoms with E-state index in [1.807, 2.05) is 13.0 Å². The van der Waals surface area contributed by atoms with Gasteiger partial charge in [-0.05, 0) is 18.6 Å². The maximum absolute atomic E-state index is 5.30. The van der Waals surface area contributed by atoms with Gasteiger partial charge in [0.1, 0.15) is 5.84 Å². The van der Waals surface area contributed by atoms with Crippen molar-refractivity contribution in [1.82, 2.24) is 0 Å². The van der Waals surface area contributed by atoms with Gasteiger partial charge < -0.3 is 5.73 Å². The Morgan fingerprint density at radius 2 is 2.57 bits per heavy atom. The normalized spacial score (nSPS) is 19.0. The van der Waals surface area contributed by atoms with E-state index in [2.05, 4.69) is 4.99 Å². The van der Waals surface area contributed by atoms with E-state index in [4.69, 9.17) is 5.73 Å². The fourth-order valence-corrected chi connectivity index (χ4v) is 0.560. The van der Waals surface area contributed by atoms with Crippen LogP contribution in [0.25, 0.3) is 0 Å². The van der Waals surface area contributed by atoms with Gasteiger partial charge in [0.05, 0.1) is 6.54 Å². The molecule has 2 heteroatoms. The standard InChI is InChI=1S/C5H8N2/c1-4-2-5(6)7-3-4/h2H,3H2,1H3,(H2,6,7). The number of nitrogens with zero attached hydrogens (tertiary/aromatic N) is 1. The summed E-state index contributed by atoms with van der Waals surface area (Å²) in [6.07, 6.45) is 1.89. The lowest BCUT2D eigenvalue weighted by Crippen LogP contribution is -2.03. The Kier molecular flexibility index (Phi) is 0.855. The molecule has 0 atom stereocenters. The van der Waals surface area contributed by atoms with Gasteiger partial charge >= 0.3 is 0 Å². The SMILES string of the molecule is CC1=CC(N)=NC1. The highest BCUT2D eigenvalue weighted by Gasteiger charge is 1.96. The Morgan fingerprint density at radius 1 is 1.86 bits per heavy atom. The second-order valence-electron chi connectivity index (χ2n) is 1.73. The monoisotopic (exact) mass is 96.1 g/mol. The summed E-state index contributed by atoms with van der Waals surface area (Å²) in [7, 11) is 0. The van der Waals surface area contributed by atoms with Gasteiger partial charge in [-0.2, -0.15) is 0 Å². The van der Waals surface area contributed by atoms with Gasteiger partial charge in [-0.3, -0.25) is 4.99 Å². The minimum atomic E-state index is 0.664. The van der Waals surface area contributed by atoms with E-state index >= 15 is 0 Å². The number of aliphatic imine (C=N–C) groups is 1. The molecule has 1 aliphatic rings. The van der Waals surface area contributed by atoms with Crippen LogP contribution < -0.4 is 5.73 Å². The molecule has 1 rings (SSSR count). The Morgan fingerprint density at radius 3 is 2.71 bits per heavy atom. The predicted octanol–water partition coefficient (Wildman–Crippen LogP) is 0.304. The number of rotatable bonds is 0. The number of hydrogen-bond acceptors (Lipinski definition) is 2. The average Bonchev–Trinajstić information content (AvgIpc) is 1.87. The van der Waals surface area contributed by atoms with Crippen LogP contribution in [0.2, 0.25) is 0 Å². The van der Waals surface area contributed by atoms with Gasteiger partial charge in [-0.15, -0.1) is 0 Å². The van der Waals surface area contributed by atoms with Gasteiger partial charge in [0, 0.05) is 0 Å². The van der Waals surface area contributed by atoms with E-state index in [0.29, 0.717) is 5.84 Å². The van der Waals surface area contributed by atoms with Crippen molar-refractivity contribution in [3.05, 3.63) is 11.6 Å². The molecular weight excluding hydrogens is 88.1 g/mol. The minimum absolute atomic E-state index is 0.664. The lowest BCUT2D eigenvalue weighted by molar-refractivity contribution is 1.17. The highest BCUT2D eigenvalue weighted by Crippen LogP contribution is 1.98. The predicted molar refractivity (Wildman–Crippen MR) is 30.2 cm³/mol. The first-order valence-corrected chi connectivity index (χ1v) is 2.26. The second-order valence-corrected chi connectivity index (χ2v) is 1.73. The minimum Gasteiger partial charge on any atom is -0.384 e. The zero-order valence-corrected chi connectivity index (χ0v) is 4.31. The molecule has 0 saturated carbocycles. The van der Waals surface area contributed by atoms with Gasteiger partial charge in [0.2, 0.25) is 0 Å². The highest BCUT2D eigenvalue weighted by molar-refractivity contribution is 5.93. The molecule has 0 aromatic heterocycles. The maximum Gasteiger partial charge on any atom is 0.118 e. The smallest absolute Gasteiger partial charge is 0.118 e. The highest BCUT2D eigenvalue weighted by atomic mass is 14.9. The molecule has 0 saturated heterocycles. The summed E-state index contributed by atoms with van der Waals surface area (Å²) in [4.78, 5) is 3.92. The summed E-state index contributed by atoms with van der Waals surface area (Å²) in [5.74, 6) is 0.664. The van der Waals surface area contributed by atoms with Gasteiger partial charge in [-0.25, -0.2) is 0 Å². The second kappa shape index (κ2) is 1.37. The molecule has 0 fully saturated rings. The molecule has 0 spiro atoms. The van der Waals surface area contributed by atoms with Crippen LogP contribution in [-0.2, 0) is 0 Å². The molecule has 38 valence electrons. The number of hydrogen-bond donors (Lipinski definition) is 1. The molecule has 1 aliphatic heterocycles. The van der Waals surface area contributed by atoms with Crippen LogP contribution in [0.5, 0.6) is 0 Å². The molecule has 2 nitrogen and oxygen atoms in total. The first-order chi connectivity index (χ1) is 3.29. The van der Waals surface area contributed by atoms with E-state index in [1.54, 1.807) is 0 Å². The zero-order chi connectivity index (χ0) is 5.28. The van der Waals surface area contributed by atoms with Crippen molar-refractivity contribution >= 4 is 5.84 Å². The lowest BCUT2D eigenvalue weighted by Gasteiger charge is -1.77. The van der Waals surface area contributed by atoms with Crippen molar-refractivity contribution in [1.29, 1.82) is 0 Å². The lowest BCUT2D eigenvalue weighted by atomic mass is 10.3. The molecule has 0 aromatic carbocycles. The molecule has 0 amide bonds. The number of amidine groups is 1. The zero-order valence-electron chi connectivity index (χ0n) is 4.31. The van der Waals surface area contributed by atoms with E-state index in [0.717, 1.165) is 6.54 Å². The third-order valence-electron chi connectivity index (χ3n) is 0.905. The van der Waals surface area contributed by atoms with Crippen LogP contribution in [0.3, 0.4) is 0 Å². The Hall–Kier alpha value is -0.790. The van der Waals surface area contributed by atoms with Gasteiger partial charge in [0.15, 0.2) is 0 Å². The van der Waals surface area contributed by atoms with Crippen molar-refractivity contribution < 1.29 is 0 Å². The van der Waals surface area contributed by atoms with E-state index in [9.17, 15) is 0 Å². The molecule has 0 unspecified atom stereocenters. The van der Waals surface area contributed by atoms with E-state index in [-0.39, 0.29) is 0 Å². The van der Waals surface area contributed by atoms with E-state index < -0.39 is 0 Å². The van der Waals surface area contributed by atoms with Crippen LogP contribution in [0.1, 0.15) is 6.92 Å². The van der Waals surface area contributed by atoms with E-state index in [1.165, 1.54) is 5.57 Å². The van der Waals surface area contributed by atoms with Crippen LogP contribution in [0, 0.1) is 0 Å². The van der Waals surface area contributed by atoms with Crippen LogP contribution >= 0.6 is 0 Å². The molecule has 0 radical (unpaired) electrons. The molecular formula is C5H8N2. The third kappa shape index (κ3) is 0.796. The molecule has 0 aromatic rings. The average molecular weight is 96.1 g/mol. The first kappa shape index (κ1) is 4.37. The van der Waals surface area contributed by atoms with Crippen molar-refractivity contribution in [3.63, 3.8) is 0 Å². The number of nitrogens with two attached hydrogens (primary N) is 1. The van der Waals surface area contributed by atoms with Gasteiger partial charge in [-0.1, -0.05) is 0 Å². The molecule has 7 heavy (non-hydrogen) atoms. The van der Waals surface area contributed by atoms with Crippen LogP contribution in [0.15, 0.2) is 16.6 Å². The fourth-order valence-electron chi connectivity index (χ4n) is 0.560. The summed E-state index contributed by atoms with van der Waals surface area (Å²) >= 11 is 0. The first-order valence-electron chi connectivity index (χ1n) is 2.26. The fraction of sp³-hybridized carbons (Fsp3) is 0.400. The molecule has 2 N–H and O–H groups in total. The van der Waals surface area contributed by atoms with Crippen LogP contribution in [0.4, 0.5) is 0 Å². The summed E-state index contributed by atoms with van der Waals surface area (Å²) in [5.41, 5.74) is 6.55. The summed E-state index contributed by atoms with van der Waals surface area (Å²) in [5, 5.41) is 0. The molecule has 0 aliphatic carbocycles. The quantitative estimate of drug-likeness (QED) is 0.463. The molecule has 0 bridgehead atoms. The van der Waals surface area contributed by atoms with Crippen molar-refractivity contribution in [2.75, 3.05) is 6.54 Å². The topological polar surface area (TPSA) is 38.4 Å². The third-order valence-corrected chi connectivity index (χ3v) is 0.905. The Labute approximate surface area is 42.7 Å². The maximum atomic E-state index is 5.30. The van der Waals surface area contributed by atoms with Crippen molar-refractivity contribution in [3.8, 4) is 0 Å². The van der Waals surface area contributed by atoms with Crippen molar-refractivity contribution in [2.24, 2.45) is 10.7 Å². The van der Waals surface area contributed by atoms with Crippen molar-refractivity contribution in [2.45, 2.75) is 6.92 Å². The Balaban J connectivity index is 2.69. The molecule has 1 heterocycles. The summed E-state index contributed by atoms with van der Waals surface area (Å²) < 4.78 is 0. The summed E-state index contributed by atoms with van der Waals surface area (Å²) in [6.45, 7) is 2.81. The van der Waals surface area contributed by atoms with Gasteiger partial charge in [0.25, 0.3) is 0 Å². The Bertz CT molecular complexity index is 133. The largest absolute Gasteiger partial charge is 0.384 e. The summed E-state index contributed by atoms with van der Waals surface area (Å²) in [6, 6.07) is 0. The van der Waals surface area contributed by atoms with Crippen LogP contribution in [-0.4, -0.2) is 12.4 Å².